The Labute approximate surface area is 107 Å². The molecule has 6 nitrogen and oxygen atoms in total. The van der Waals surface area contributed by atoms with Crippen LogP contribution < -0.4 is 10.6 Å². The van der Waals surface area contributed by atoms with Gasteiger partial charge in [-0.3, -0.25) is 0 Å². The maximum atomic E-state index is 9.23. The average molecular weight is 252 g/mol. The maximum Gasteiger partial charge on any atom is 0.136 e. The molecule has 0 bridgehead atoms. The van der Waals surface area contributed by atoms with Crippen LogP contribution in [-0.2, 0) is 4.74 Å². The van der Waals surface area contributed by atoms with Gasteiger partial charge in [-0.05, 0) is 12.8 Å². The average Bonchev–Trinajstić information content (AvgIpc) is 3.22. The Bertz CT molecular complexity index is 396. The molecule has 1 heterocycles. The molecule has 1 aromatic rings. The van der Waals surface area contributed by atoms with Crippen molar-refractivity contribution in [2.75, 3.05) is 38.0 Å². The van der Waals surface area contributed by atoms with Crippen LogP contribution in [0.25, 0.3) is 0 Å². The van der Waals surface area contributed by atoms with Gasteiger partial charge < -0.3 is 20.5 Å². The van der Waals surface area contributed by atoms with Gasteiger partial charge >= 0.3 is 0 Å². The summed E-state index contributed by atoms with van der Waals surface area (Å²) in [5, 5.41) is 15.4. The highest BCUT2D eigenvalue weighted by molar-refractivity contribution is 5.48. The molecule has 0 aromatic carbocycles. The smallest absolute Gasteiger partial charge is 0.136 e. The second kappa shape index (κ2) is 5.97. The number of aliphatic hydroxyl groups excluding tert-OH is 1. The number of hydrogen-bond acceptors (Lipinski definition) is 6. The third-order valence-corrected chi connectivity index (χ3v) is 2.88. The van der Waals surface area contributed by atoms with Gasteiger partial charge in [-0.25, -0.2) is 9.97 Å². The molecule has 0 aliphatic heterocycles. The van der Waals surface area contributed by atoms with E-state index in [0.717, 1.165) is 30.3 Å². The van der Waals surface area contributed by atoms with E-state index in [1.807, 2.05) is 13.1 Å². The van der Waals surface area contributed by atoms with Crippen molar-refractivity contribution < 1.29 is 9.84 Å². The van der Waals surface area contributed by atoms with Gasteiger partial charge in [0.2, 0.25) is 0 Å². The Hall–Kier alpha value is -1.40. The number of methoxy groups -OCH3 is 1. The Morgan fingerprint density at radius 2 is 2.17 bits per heavy atom. The minimum absolute atomic E-state index is 0.00545. The highest BCUT2D eigenvalue weighted by atomic mass is 16.5. The first-order valence-corrected chi connectivity index (χ1v) is 6.20. The van der Waals surface area contributed by atoms with Crippen LogP contribution in [-0.4, -0.2) is 48.5 Å². The summed E-state index contributed by atoms with van der Waals surface area (Å²) in [6, 6.07) is 1.69. The molecule has 0 saturated heterocycles. The lowest BCUT2D eigenvalue weighted by Crippen LogP contribution is -2.29. The van der Waals surface area contributed by atoms with E-state index in [1.165, 1.54) is 0 Å². The van der Waals surface area contributed by atoms with Crippen molar-refractivity contribution in [1.82, 2.24) is 9.97 Å². The molecule has 6 heteroatoms. The fourth-order valence-electron chi connectivity index (χ4n) is 1.74. The molecule has 1 aromatic heterocycles. The number of nitrogens with one attached hydrogen (secondary N) is 2. The summed E-state index contributed by atoms with van der Waals surface area (Å²) in [6.07, 6.45) is 2.32. The SMILES string of the molecule is CNc1cc(NC(CO)COC)nc(C2CC2)n1. The molecule has 18 heavy (non-hydrogen) atoms. The number of nitrogens with zero attached hydrogens (tertiary/aromatic N) is 2. The number of rotatable bonds is 7. The molecule has 1 aliphatic carbocycles. The summed E-state index contributed by atoms with van der Waals surface area (Å²) in [4.78, 5) is 8.92. The first-order chi connectivity index (χ1) is 8.76. The Balaban J connectivity index is 2.12. The lowest BCUT2D eigenvalue weighted by Gasteiger charge is -2.17. The minimum Gasteiger partial charge on any atom is -0.394 e. The predicted molar refractivity (Wildman–Crippen MR) is 69.9 cm³/mol. The van der Waals surface area contributed by atoms with E-state index in [0.29, 0.717) is 12.5 Å². The van der Waals surface area contributed by atoms with Crippen molar-refractivity contribution >= 4 is 11.6 Å². The molecular weight excluding hydrogens is 232 g/mol. The third kappa shape index (κ3) is 3.30. The highest BCUT2D eigenvalue weighted by Gasteiger charge is 2.27. The number of aromatic nitrogens is 2. The Morgan fingerprint density at radius 3 is 2.72 bits per heavy atom. The quantitative estimate of drug-likeness (QED) is 0.666. The van der Waals surface area contributed by atoms with Crippen LogP contribution >= 0.6 is 0 Å². The van der Waals surface area contributed by atoms with E-state index in [2.05, 4.69) is 20.6 Å². The molecule has 3 N–H and O–H groups in total. The van der Waals surface area contributed by atoms with Crippen molar-refractivity contribution in [3.63, 3.8) is 0 Å². The van der Waals surface area contributed by atoms with Gasteiger partial charge in [0.05, 0.1) is 19.3 Å². The van der Waals surface area contributed by atoms with E-state index in [9.17, 15) is 5.11 Å². The molecule has 0 radical (unpaired) electrons. The lowest BCUT2D eigenvalue weighted by atomic mass is 10.3. The van der Waals surface area contributed by atoms with E-state index >= 15 is 0 Å². The zero-order valence-electron chi connectivity index (χ0n) is 10.8. The van der Waals surface area contributed by atoms with E-state index in [-0.39, 0.29) is 12.6 Å². The van der Waals surface area contributed by atoms with Crippen LogP contribution in [0.3, 0.4) is 0 Å². The number of hydrogen-bond donors (Lipinski definition) is 3. The lowest BCUT2D eigenvalue weighted by molar-refractivity contribution is 0.153. The van der Waals surface area contributed by atoms with Crippen molar-refractivity contribution in [3.05, 3.63) is 11.9 Å². The van der Waals surface area contributed by atoms with Crippen LogP contribution in [0.15, 0.2) is 6.07 Å². The van der Waals surface area contributed by atoms with Crippen molar-refractivity contribution in [2.24, 2.45) is 0 Å². The number of anilines is 2. The van der Waals surface area contributed by atoms with E-state index < -0.39 is 0 Å². The Kier molecular flexibility index (Phi) is 4.33. The molecule has 0 amide bonds. The van der Waals surface area contributed by atoms with Gasteiger partial charge in [0.1, 0.15) is 17.5 Å². The van der Waals surface area contributed by atoms with Gasteiger partial charge in [-0.2, -0.15) is 0 Å². The van der Waals surface area contributed by atoms with Gasteiger partial charge in [0, 0.05) is 26.1 Å². The van der Waals surface area contributed by atoms with Crippen molar-refractivity contribution in [3.8, 4) is 0 Å². The van der Waals surface area contributed by atoms with Crippen LogP contribution in [0.5, 0.6) is 0 Å². The zero-order valence-corrected chi connectivity index (χ0v) is 10.8. The third-order valence-electron chi connectivity index (χ3n) is 2.88. The number of ether oxygens (including phenoxy) is 1. The molecule has 2 rings (SSSR count). The summed E-state index contributed by atoms with van der Waals surface area (Å²) in [6.45, 7) is 0.444. The molecule has 1 aliphatic rings. The van der Waals surface area contributed by atoms with Crippen LogP contribution in [0.4, 0.5) is 11.6 Å². The topological polar surface area (TPSA) is 79.3 Å². The van der Waals surface area contributed by atoms with Gasteiger partial charge in [0.15, 0.2) is 0 Å². The summed E-state index contributed by atoms with van der Waals surface area (Å²) in [5.41, 5.74) is 0. The molecule has 1 unspecified atom stereocenters. The van der Waals surface area contributed by atoms with Gasteiger partial charge in [0.25, 0.3) is 0 Å². The normalized spacial score (nSPS) is 16.4. The fraction of sp³-hybridized carbons (Fsp3) is 0.667. The molecule has 1 atom stereocenters. The van der Waals surface area contributed by atoms with Gasteiger partial charge in [-0.1, -0.05) is 0 Å². The predicted octanol–water partition coefficient (Wildman–Crippen LogP) is 0.815. The summed E-state index contributed by atoms with van der Waals surface area (Å²) >= 11 is 0. The second-order valence-corrected chi connectivity index (χ2v) is 4.50. The largest absolute Gasteiger partial charge is 0.394 e. The van der Waals surface area contributed by atoms with Crippen LogP contribution in [0.2, 0.25) is 0 Å². The van der Waals surface area contributed by atoms with E-state index in [1.54, 1.807) is 7.11 Å². The summed E-state index contributed by atoms with van der Waals surface area (Å²) < 4.78 is 5.03. The highest BCUT2D eigenvalue weighted by Crippen LogP contribution is 2.38. The minimum atomic E-state index is -0.151. The van der Waals surface area contributed by atoms with E-state index in [4.69, 9.17) is 4.74 Å². The summed E-state index contributed by atoms with van der Waals surface area (Å²) in [7, 11) is 3.44. The molecule has 1 fully saturated rings. The second-order valence-electron chi connectivity index (χ2n) is 4.50. The first-order valence-electron chi connectivity index (χ1n) is 6.20. The zero-order chi connectivity index (χ0) is 13.0. The Morgan fingerprint density at radius 1 is 1.44 bits per heavy atom. The summed E-state index contributed by atoms with van der Waals surface area (Å²) in [5.74, 6) is 2.89. The molecule has 0 spiro atoms. The monoisotopic (exact) mass is 252 g/mol. The van der Waals surface area contributed by atoms with Crippen LogP contribution in [0.1, 0.15) is 24.6 Å². The van der Waals surface area contributed by atoms with Crippen molar-refractivity contribution in [1.29, 1.82) is 0 Å². The van der Waals surface area contributed by atoms with Crippen molar-refractivity contribution in [2.45, 2.75) is 24.8 Å². The molecule has 100 valence electrons. The fourth-order valence-corrected chi connectivity index (χ4v) is 1.74. The first kappa shape index (κ1) is 13.0. The standard InChI is InChI=1S/C12H20N4O2/c1-13-10-5-11(14-9(6-17)7-18-2)16-12(15-10)8-3-4-8/h5,8-9,17H,3-4,6-7H2,1-2H3,(H2,13,14,15,16). The van der Waals surface area contributed by atoms with Crippen LogP contribution in [0, 0.1) is 0 Å². The molecular formula is C12H20N4O2. The van der Waals surface area contributed by atoms with Gasteiger partial charge in [-0.15, -0.1) is 0 Å². The maximum absolute atomic E-state index is 9.23. The number of aliphatic hydroxyl groups is 1. The molecule has 1 saturated carbocycles.